The molecule has 1 amide bonds. The first-order valence-electron chi connectivity index (χ1n) is 6.06. The molecular weight excluding hydrogens is 204 g/mol. The van der Waals surface area contributed by atoms with Gasteiger partial charge in [-0.05, 0) is 32.7 Å². The summed E-state index contributed by atoms with van der Waals surface area (Å²) in [5, 5.41) is 3.54. The minimum Gasteiger partial charge on any atom is -0.381 e. The van der Waals surface area contributed by atoms with Crippen LogP contribution in [0.4, 0.5) is 0 Å². The van der Waals surface area contributed by atoms with Crippen LogP contribution in [-0.4, -0.2) is 50.2 Å². The number of hydrogen-bond donors (Lipinski definition) is 1. The quantitative estimate of drug-likeness (QED) is 0.714. The van der Waals surface area contributed by atoms with Crippen molar-refractivity contribution in [1.82, 2.24) is 10.2 Å². The Morgan fingerprint density at radius 3 is 2.56 bits per heavy atom. The van der Waals surface area contributed by atoms with E-state index in [2.05, 4.69) is 12.2 Å². The van der Waals surface area contributed by atoms with Crippen molar-refractivity contribution >= 4 is 5.91 Å². The van der Waals surface area contributed by atoms with Crippen molar-refractivity contribution in [2.75, 3.05) is 33.9 Å². The molecule has 0 aromatic carbocycles. The number of carbonyl (C=O) groups excluding carboxylic acids is 1. The molecule has 0 aliphatic carbocycles. The molecule has 1 saturated heterocycles. The minimum absolute atomic E-state index is 0.207. The summed E-state index contributed by atoms with van der Waals surface area (Å²) in [5.74, 6) is 0.207. The average molecular weight is 228 g/mol. The van der Waals surface area contributed by atoms with Crippen molar-refractivity contribution in [2.45, 2.75) is 38.1 Å². The second kappa shape index (κ2) is 6.21. The van der Waals surface area contributed by atoms with E-state index in [1.165, 1.54) is 0 Å². The zero-order valence-electron chi connectivity index (χ0n) is 10.7. The third kappa shape index (κ3) is 4.49. The Balaban J connectivity index is 2.12. The number of carbonyl (C=O) groups is 1. The van der Waals surface area contributed by atoms with Crippen molar-refractivity contribution < 1.29 is 9.53 Å². The van der Waals surface area contributed by atoms with Crippen LogP contribution >= 0.6 is 0 Å². The van der Waals surface area contributed by atoms with Gasteiger partial charge in [0.1, 0.15) is 0 Å². The van der Waals surface area contributed by atoms with E-state index in [9.17, 15) is 4.79 Å². The van der Waals surface area contributed by atoms with Gasteiger partial charge in [-0.25, -0.2) is 0 Å². The maximum absolute atomic E-state index is 11.4. The predicted octanol–water partition coefficient (Wildman–Crippen LogP) is 1.01. The second-order valence-electron chi connectivity index (χ2n) is 4.99. The smallest absolute Gasteiger partial charge is 0.222 e. The maximum Gasteiger partial charge on any atom is 0.222 e. The van der Waals surface area contributed by atoms with E-state index in [1.807, 2.05) is 0 Å². The highest BCUT2D eigenvalue weighted by atomic mass is 16.5. The summed E-state index contributed by atoms with van der Waals surface area (Å²) in [4.78, 5) is 13.0. The van der Waals surface area contributed by atoms with Crippen LogP contribution in [-0.2, 0) is 9.53 Å². The molecule has 0 saturated carbocycles. The molecule has 0 aromatic heterocycles. The van der Waals surface area contributed by atoms with Gasteiger partial charge in [0.2, 0.25) is 5.91 Å². The lowest BCUT2D eigenvalue weighted by Gasteiger charge is -2.34. The summed E-state index contributed by atoms with van der Waals surface area (Å²) < 4.78 is 5.34. The maximum atomic E-state index is 11.4. The fourth-order valence-corrected chi connectivity index (χ4v) is 1.85. The Kier molecular flexibility index (Phi) is 5.22. The summed E-state index contributed by atoms with van der Waals surface area (Å²) in [6.45, 7) is 4.85. The fourth-order valence-electron chi connectivity index (χ4n) is 1.85. The molecule has 0 unspecified atom stereocenters. The summed E-state index contributed by atoms with van der Waals surface area (Å²) in [6.07, 6.45) is 3.67. The van der Waals surface area contributed by atoms with Crippen LogP contribution in [0.15, 0.2) is 0 Å². The molecule has 4 nitrogen and oxygen atoms in total. The number of nitrogens with zero attached hydrogens (tertiary/aromatic N) is 1. The summed E-state index contributed by atoms with van der Waals surface area (Å²) in [7, 11) is 3.60. The Labute approximate surface area is 98.3 Å². The van der Waals surface area contributed by atoms with Gasteiger partial charge < -0.3 is 15.0 Å². The van der Waals surface area contributed by atoms with E-state index in [4.69, 9.17) is 4.74 Å². The van der Waals surface area contributed by atoms with Crippen LogP contribution in [0, 0.1) is 0 Å². The first-order chi connectivity index (χ1) is 7.53. The molecule has 0 aromatic rings. The Hall–Kier alpha value is -0.610. The number of ether oxygens (including phenoxy) is 1. The summed E-state index contributed by atoms with van der Waals surface area (Å²) >= 11 is 0. The zero-order valence-corrected chi connectivity index (χ0v) is 10.7. The van der Waals surface area contributed by atoms with Crippen LogP contribution in [0.1, 0.15) is 32.6 Å². The van der Waals surface area contributed by atoms with E-state index in [1.54, 1.807) is 19.0 Å². The number of nitrogens with one attached hydrogen (secondary N) is 1. The molecule has 1 aliphatic heterocycles. The van der Waals surface area contributed by atoms with Crippen molar-refractivity contribution in [3.63, 3.8) is 0 Å². The first-order valence-corrected chi connectivity index (χ1v) is 6.06. The predicted molar refractivity (Wildman–Crippen MR) is 64.4 cm³/mol. The molecule has 4 heteroatoms. The molecular formula is C12H24N2O2. The first kappa shape index (κ1) is 13.5. The lowest BCUT2D eigenvalue weighted by atomic mass is 9.92. The Bertz CT molecular complexity index is 223. The summed E-state index contributed by atoms with van der Waals surface area (Å²) in [5.41, 5.74) is 0.208. The molecule has 0 atom stereocenters. The lowest BCUT2D eigenvalue weighted by molar-refractivity contribution is -0.128. The zero-order chi connectivity index (χ0) is 12.0. The monoisotopic (exact) mass is 228 g/mol. The van der Waals surface area contributed by atoms with Crippen molar-refractivity contribution in [2.24, 2.45) is 0 Å². The molecule has 0 radical (unpaired) electrons. The minimum atomic E-state index is 0.207. The van der Waals surface area contributed by atoms with Gasteiger partial charge in [0.15, 0.2) is 0 Å². The molecule has 0 spiro atoms. The highest BCUT2D eigenvalue weighted by Gasteiger charge is 2.26. The van der Waals surface area contributed by atoms with E-state index in [0.717, 1.165) is 39.0 Å². The van der Waals surface area contributed by atoms with Crippen LogP contribution in [0.25, 0.3) is 0 Å². The molecule has 1 fully saturated rings. The highest BCUT2D eigenvalue weighted by molar-refractivity contribution is 5.75. The van der Waals surface area contributed by atoms with Crippen LogP contribution in [0.3, 0.4) is 0 Å². The molecule has 1 heterocycles. The Morgan fingerprint density at radius 1 is 1.38 bits per heavy atom. The third-order valence-corrected chi connectivity index (χ3v) is 3.21. The van der Waals surface area contributed by atoms with E-state index in [-0.39, 0.29) is 11.4 Å². The molecule has 94 valence electrons. The van der Waals surface area contributed by atoms with Crippen LogP contribution in [0.5, 0.6) is 0 Å². The van der Waals surface area contributed by atoms with Gasteiger partial charge in [0.05, 0.1) is 0 Å². The summed E-state index contributed by atoms with van der Waals surface area (Å²) in [6, 6.07) is 0. The molecule has 1 rings (SSSR count). The van der Waals surface area contributed by atoms with Crippen molar-refractivity contribution in [1.29, 1.82) is 0 Å². The van der Waals surface area contributed by atoms with Crippen molar-refractivity contribution in [3.05, 3.63) is 0 Å². The Morgan fingerprint density at radius 2 is 2.00 bits per heavy atom. The third-order valence-electron chi connectivity index (χ3n) is 3.21. The van der Waals surface area contributed by atoms with Gasteiger partial charge >= 0.3 is 0 Å². The SMILES string of the molecule is CN(C)C(=O)CCCNC1(C)CCOCC1. The highest BCUT2D eigenvalue weighted by Crippen LogP contribution is 2.19. The van der Waals surface area contributed by atoms with E-state index in [0.29, 0.717) is 6.42 Å². The molecule has 0 bridgehead atoms. The van der Waals surface area contributed by atoms with Gasteiger partial charge in [-0.3, -0.25) is 4.79 Å². The van der Waals surface area contributed by atoms with E-state index >= 15 is 0 Å². The van der Waals surface area contributed by atoms with Crippen LogP contribution in [0.2, 0.25) is 0 Å². The van der Waals surface area contributed by atoms with Crippen molar-refractivity contribution in [3.8, 4) is 0 Å². The fraction of sp³-hybridized carbons (Fsp3) is 0.917. The lowest BCUT2D eigenvalue weighted by Crippen LogP contribution is -2.47. The van der Waals surface area contributed by atoms with Gasteiger partial charge in [-0.15, -0.1) is 0 Å². The van der Waals surface area contributed by atoms with Gasteiger partial charge in [0.25, 0.3) is 0 Å². The van der Waals surface area contributed by atoms with Gasteiger partial charge in [-0.1, -0.05) is 0 Å². The largest absolute Gasteiger partial charge is 0.381 e. The van der Waals surface area contributed by atoms with E-state index < -0.39 is 0 Å². The number of hydrogen-bond acceptors (Lipinski definition) is 3. The molecule has 16 heavy (non-hydrogen) atoms. The van der Waals surface area contributed by atoms with Crippen LogP contribution < -0.4 is 5.32 Å². The second-order valence-corrected chi connectivity index (χ2v) is 4.99. The van der Waals surface area contributed by atoms with Gasteiger partial charge in [0, 0.05) is 39.3 Å². The molecule has 1 N–H and O–H groups in total. The average Bonchev–Trinajstić information content (AvgIpc) is 2.25. The molecule has 1 aliphatic rings. The number of amides is 1. The standard InChI is InChI=1S/C12H24N2O2/c1-12(6-9-16-10-7-12)13-8-4-5-11(15)14(2)3/h13H,4-10H2,1-3H3. The number of rotatable bonds is 5. The normalized spacial score (nSPS) is 19.4. The topological polar surface area (TPSA) is 41.6 Å². The van der Waals surface area contributed by atoms with Gasteiger partial charge in [-0.2, -0.15) is 0 Å².